The Bertz CT molecular complexity index is 652. The lowest BCUT2D eigenvalue weighted by Crippen LogP contribution is -2.51. The maximum Gasteiger partial charge on any atom is 0.251 e. The molecule has 0 fully saturated rings. The molecule has 0 saturated heterocycles. The molecule has 0 aromatic heterocycles. The van der Waals surface area contributed by atoms with Gasteiger partial charge in [-0.3, -0.25) is 4.79 Å². The first kappa shape index (κ1) is 18.2. The Morgan fingerprint density at radius 2 is 1.50 bits per heavy atom. The molecule has 0 aliphatic heterocycles. The van der Waals surface area contributed by atoms with Crippen molar-refractivity contribution < 1.29 is 9.53 Å². The van der Waals surface area contributed by atoms with Crippen LogP contribution in [0.1, 0.15) is 36.7 Å². The molecule has 0 saturated carbocycles. The van der Waals surface area contributed by atoms with E-state index in [2.05, 4.69) is 38.2 Å². The molecular weight excluding hydrogens is 298 g/mol. The molecule has 0 bridgehead atoms. The SMILES string of the molecule is COC(C)(C)C(C)(CNC(=O)c1ccccc1)Cc1ccccc1. The van der Waals surface area contributed by atoms with Crippen molar-refractivity contribution in [1.82, 2.24) is 5.32 Å². The van der Waals surface area contributed by atoms with E-state index < -0.39 is 0 Å². The number of hydrogen-bond acceptors (Lipinski definition) is 2. The van der Waals surface area contributed by atoms with E-state index in [4.69, 9.17) is 4.74 Å². The van der Waals surface area contributed by atoms with Crippen molar-refractivity contribution in [1.29, 1.82) is 0 Å². The van der Waals surface area contributed by atoms with E-state index in [0.29, 0.717) is 12.1 Å². The van der Waals surface area contributed by atoms with Gasteiger partial charge >= 0.3 is 0 Å². The number of methoxy groups -OCH3 is 1. The minimum atomic E-state index is -0.382. The molecule has 0 heterocycles. The van der Waals surface area contributed by atoms with Crippen LogP contribution in [0.4, 0.5) is 0 Å². The first-order valence-electron chi connectivity index (χ1n) is 8.30. The standard InChI is InChI=1S/C21H27NO2/c1-20(2,24-4)21(3,15-17-11-7-5-8-12-17)16-22-19(23)18-13-9-6-10-14-18/h5-14H,15-16H2,1-4H3,(H,22,23). The van der Waals surface area contributed by atoms with E-state index >= 15 is 0 Å². The fourth-order valence-corrected chi connectivity index (χ4v) is 2.75. The number of benzene rings is 2. The van der Waals surface area contributed by atoms with Crippen LogP contribution in [0.3, 0.4) is 0 Å². The highest BCUT2D eigenvalue weighted by molar-refractivity contribution is 5.94. The van der Waals surface area contributed by atoms with Crippen LogP contribution in [-0.4, -0.2) is 25.2 Å². The lowest BCUT2D eigenvalue weighted by Gasteiger charge is -2.43. The quantitative estimate of drug-likeness (QED) is 0.832. The zero-order valence-corrected chi connectivity index (χ0v) is 15.0. The third kappa shape index (κ3) is 4.24. The maximum atomic E-state index is 12.4. The van der Waals surface area contributed by atoms with Crippen molar-refractivity contribution in [3.63, 3.8) is 0 Å². The van der Waals surface area contributed by atoms with Crippen molar-refractivity contribution in [2.75, 3.05) is 13.7 Å². The van der Waals surface area contributed by atoms with Gasteiger partial charge in [0.2, 0.25) is 0 Å². The summed E-state index contributed by atoms with van der Waals surface area (Å²) < 4.78 is 5.76. The van der Waals surface area contributed by atoms with Crippen molar-refractivity contribution in [2.45, 2.75) is 32.8 Å². The molecule has 1 amide bonds. The van der Waals surface area contributed by atoms with E-state index in [9.17, 15) is 4.79 Å². The second-order valence-corrected chi connectivity index (χ2v) is 6.99. The van der Waals surface area contributed by atoms with Crippen molar-refractivity contribution in [3.8, 4) is 0 Å². The third-order valence-corrected chi connectivity index (χ3v) is 5.08. The summed E-state index contributed by atoms with van der Waals surface area (Å²) in [6.07, 6.45) is 0.823. The first-order chi connectivity index (χ1) is 11.4. The van der Waals surface area contributed by atoms with Gasteiger partial charge in [-0.25, -0.2) is 0 Å². The molecule has 1 atom stereocenters. The number of rotatable bonds is 7. The van der Waals surface area contributed by atoms with Gasteiger partial charge in [-0.05, 0) is 38.0 Å². The van der Waals surface area contributed by atoms with Crippen molar-refractivity contribution in [2.24, 2.45) is 5.41 Å². The van der Waals surface area contributed by atoms with E-state index in [1.54, 1.807) is 7.11 Å². The van der Waals surface area contributed by atoms with Gasteiger partial charge in [0.1, 0.15) is 0 Å². The second kappa shape index (κ2) is 7.63. The zero-order chi connectivity index (χ0) is 17.6. The first-order valence-corrected chi connectivity index (χ1v) is 8.30. The summed E-state index contributed by atoms with van der Waals surface area (Å²) >= 11 is 0. The van der Waals surface area contributed by atoms with Crippen LogP contribution < -0.4 is 5.32 Å². The molecule has 0 aliphatic rings. The largest absolute Gasteiger partial charge is 0.378 e. The van der Waals surface area contributed by atoms with Gasteiger partial charge in [0.05, 0.1) is 5.60 Å². The molecule has 0 radical (unpaired) electrons. The number of carbonyl (C=O) groups excluding carboxylic acids is 1. The van der Waals surface area contributed by atoms with Crippen LogP contribution >= 0.6 is 0 Å². The molecule has 3 heteroatoms. The molecule has 24 heavy (non-hydrogen) atoms. The summed E-state index contributed by atoms with van der Waals surface area (Å²) in [5.74, 6) is -0.0539. The molecular formula is C21H27NO2. The molecule has 2 aromatic carbocycles. The number of ether oxygens (including phenoxy) is 1. The van der Waals surface area contributed by atoms with Gasteiger partial charge in [-0.1, -0.05) is 55.5 Å². The lowest BCUT2D eigenvalue weighted by atomic mass is 9.71. The summed E-state index contributed by atoms with van der Waals surface area (Å²) in [6.45, 7) is 6.85. The smallest absolute Gasteiger partial charge is 0.251 e. The monoisotopic (exact) mass is 325 g/mol. The number of nitrogens with one attached hydrogen (secondary N) is 1. The molecule has 1 N–H and O–H groups in total. The highest BCUT2D eigenvalue weighted by Gasteiger charge is 2.41. The van der Waals surface area contributed by atoms with E-state index in [1.807, 2.05) is 48.5 Å². The van der Waals surface area contributed by atoms with Gasteiger partial charge in [0, 0.05) is 24.6 Å². The molecule has 3 nitrogen and oxygen atoms in total. The molecule has 1 unspecified atom stereocenters. The minimum absolute atomic E-state index is 0.0539. The van der Waals surface area contributed by atoms with Crippen LogP contribution in [0.2, 0.25) is 0 Å². The highest BCUT2D eigenvalue weighted by Crippen LogP contribution is 2.36. The Labute approximate surface area is 145 Å². The third-order valence-electron chi connectivity index (χ3n) is 5.08. The van der Waals surface area contributed by atoms with Gasteiger partial charge in [0.25, 0.3) is 5.91 Å². The molecule has 0 aliphatic carbocycles. The van der Waals surface area contributed by atoms with Crippen LogP contribution in [0.5, 0.6) is 0 Å². The maximum absolute atomic E-state index is 12.4. The van der Waals surface area contributed by atoms with Crippen LogP contribution in [-0.2, 0) is 11.2 Å². The topological polar surface area (TPSA) is 38.3 Å². The summed E-state index contributed by atoms with van der Waals surface area (Å²) in [5.41, 5.74) is 1.29. The number of carbonyl (C=O) groups is 1. The minimum Gasteiger partial charge on any atom is -0.378 e. The van der Waals surface area contributed by atoms with Gasteiger partial charge < -0.3 is 10.1 Å². The summed E-state index contributed by atoms with van der Waals surface area (Å²) in [7, 11) is 1.72. The van der Waals surface area contributed by atoms with Crippen LogP contribution in [0, 0.1) is 5.41 Å². The molecule has 128 valence electrons. The van der Waals surface area contributed by atoms with Gasteiger partial charge in [-0.2, -0.15) is 0 Å². The average Bonchev–Trinajstić information content (AvgIpc) is 2.61. The van der Waals surface area contributed by atoms with E-state index in [-0.39, 0.29) is 16.9 Å². The molecule has 0 spiro atoms. The Kier molecular flexibility index (Phi) is 5.79. The predicted molar refractivity (Wildman–Crippen MR) is 98.1 cm³/mol. The number of amides is 1. The Hall–Kier alpha value is -2.13. The Morgan fingerprint density at radius 3 is 2.04 bits per heavy atom. The van der Waals surface area contributed by atoms with Gasteiger partial charge in [-0.15, -0.1) is 0 Å². The van der Waals surface area contributed by atoms with Gasteiger partial charge in [0.15, 0.2) is 0 Å². The van der Waals surface area contributed by atoms with E-state index in [0.717, 1.165) is 6.42 Å². The number of hydrogen-bond donors (Lipinski definition) is 1. The lowest BCUT2D eigenvalue weighted by molar-refractivity contribution is -0.0775. The van der Waals surface area contributed by atoms with Crippen LogP contribution in [0.25, 0.3) is 0 Å². The normalized spacial score (nSPS) is 14.0. The molecule has 2 aromatic rings. The van der Waals surface area contributed by atoms with E-state index in [1.165, 1.54) is 5.56 Å². The summed E-state index contributed by atoms with van der Waals surface area (Å²) in [5, 5.41) is 3.08. The van der Waals surface area contributed by atoms with Crippen molar-refractivity contribution in [3.05, 3.63) is 71.8 Å². The zero-order valence-electron chi connectivity index (χ0n) is 15.0. The van der Waals surface area contributed by atoms with Crippen LogP contribution in [0.15, 0.2) is 60.7 Å². The second-order valence-electron chi connectivity index (χ2n) is 6.99. The highest BCUT2D eigenvalue weighted by atomic mass is 16.5. The summed E-state index contributed by atoms with van der Waals surface area (Å²) in [4.78, 5) is 12.4. The summed E-state index contributed by atoms with van der Waals surface area (Å²) in [6, 6.07) is 19.6. The van der Waals surface area contributed by atoms with Crippen molar-refractivity contribution >= 4 is 5.91 Å². The predicted octanol–water partition coefficient (Wildman–Crippen LogP) is 4.09. The Morgan fingerprint density at radius 1 is 0.958 bits per heavy atom. The fourth-order valence-electron chi connectivity index (χ4n) is 2.75. The Balaban J connectivity index is 2.16. The molecule has 2 rings (SSSR count). The average molecular weight is 325 g/mol. The fraction of sp³-hybridized carbons (Fsp3) is 0.381.